The lowest BCUT2D eigenvalue weighted by Crippen LogP contribution is -2.46. The molecule has 14 heteroatoms. The number of imidazole rings is 1. The van der Waals surface area contributed by atoms with Crippen LogP contribution in [0.5, 0.6) is 0 Å². The average molecular weight is 703 g/mol. The maximum absolute atomic E-state index is 14.7. The molecule has 1 aliphatic heterocycles. The van der Waals surface area contributed by atoms with Crippen molar-refractivity contribution in [2.75, 3.05) is 13.2 Å². The fourth-order valence-corrected chi connectivity index (χ4v) is 7.80. The Labute approximate surface area is 278 Å². The summed E-state index contributed by atoms with van der Waals surface area (Å²) in [6, 6.07) is 5.40. The Kier molecular flexibility index (Phi) is 10.7. The summed E-state index contributed by atoms with van der Waals surface area (Å²) in [5.41, 5.74) is 2.15. The highest BCUT2D eigenvalue weighted by atomic mass is 32.2. The lowest BCUT2D eigenvalue weighted by molar-refractivity contribution is -0.136. The second-order valence-corrected chi connectivity index (χ2v) is 23.5. The average Bonchev–Trinajstić information content (AvgIpc) is 3.71. The molecule has 0 bridgehead atoms. The molecule has 5 rings (SSSR count). The number of hydrogen-bond acceptors (Lipinski definition) is 5. The number of nitrogens with zero attached hydrogens (tertiary/aromatic N) is 2. The molecule has 1 amide bonds. The van der Waals surface area contributed by atoms with Gasteiger partial charge in [-0.1, -0.05) is 25.7 Å². The molecule has 0 unspecified atom stereocenters. The molecular formula is C33H50F4N4O4SSi. The Balaban J connectivity index is 1.49. The summed E-state index contributed by atoms with van der Waals surface area (Å²) in [5, 5.41) is 3.11. The van der Waals surface area contributed by atoms with Gasteiger partial charge in [0.05, 0.1) is 45.5 Å². The molecule has 4 atom stereocenters. The Morgan fingerprint density at radius 1 is 1.13 bits per heavy atom. The van der Waals surface area contributed by atoms with Crippen LogP contribution in [0.15, 0.2) is 18.2 Å². The molecule has 2 aromatic rings. The number of aromatic nitrogens is 2. The standard InChI is InChI=1S/C33H50F4N4O4SSi/c1-31(2,3)46(43)40-29(26-19-32(34,35)11-12-45-26)30-38-24-10-9-23(16-25(24)41(30)20-44-13-14-47(4,5)6)28(22-7-8-22)39-27(42)15-21-17-33(36,37)18-21/h9-10,16,21-22,26,28-29,40H,7-8,11-15,17-20H2,1-6H3,(H,39,42)/t26-,28+,29-,46+/m0/s1. The molecule has 264 valence electrons. The van der Waals surface area contributed by atoms with Gasteiger partial charge in [-0.05, 0) is 69.2 Å². The first-order valence-corrected chi connectivity index (χ1v) is 21.6. The van der Waals surface area contributed by atoms with Crippen molar-refractivity contribution in [3.8, 4) is 0 Å². The van der Waals surface area contributed by atoms with Crippen LogP contribution < -0.4 is 10.0 Å². The van der Waals surface area contributed by atoms with Gasteiger partial charge in [0.15, 0.2) is 0 Å². The second kappa shape index (κ2) is 13.8. The number of nitrogens with one attached hydrogen (secondary N) is 2. The minimum atomic E-state index is -2.94. The van der Waals surface area contributed by atoms with Crippen LogP contribution in [0.3, 0.4) is 0 Å². The second-order valence-electron chi connectivity index (χ2n) is 15.9. The Morgan fingerprint density at radius 2 is 1.83 bits per heavy atom. The van der Waals surface area contributed by atoms with Crippen molar-refractivity contribution >= 4 is 36.0 Å². The van der Waals surface area contributed by atoms with Gasteiger partial charge in [0.2, 0.25) is 11.8 Å². The minimum absolute atomic E-state index is 0.0678. The Hall–Kier alpha value is -1.87. The number of carbonyl (C=O) groups is 1. The van der Waals surface area contributed by atoms with Gasteiger partial charge in [0.1, 0.15) is 18.6 Å². The molecule has 2 aliphatic carbocycles. The van der Waals surface area contributed by atoms with E-state index in [2.05, 4.69) is 29.7 Å². The zero-order valence-electron chi connectivity index (χ0n) is 28.3. The number of alkyl halides is 4. The van der Waals surface area contributed by atoms with Crippen LogP contribution >= 0.6 is 0 Å². The monoisotopic (exact) mass is 702 g/mol. The van der Waals surface area contributed by atoms with Crippen molar-refractivity contribution in [1.82, 2.24) is 19.6 Å². The molecule has 3 fully saturated rings. The van der Waals surface area contributed by atoms with Crippen LogP contribution in [0.2, 0.25) is 25.7 Å². The maximum Gasteiger partial charge on any atom is 0.252 e. The van der Waals surface area contributed by atoms with Gasteiger partial charge >= 0.3 is 0 Å². The SMILES string of the molecule is CC(C)(C)[S@@](=O)N[C@H](c1nc2ccc([C@H](NC(=O)CC3CC(F)(F)C3)C3CC3)cc2n1COCC[Si](C)(C)C)[C@@H]1CC(F)(F)CCO1. The predicted octanol–water partition coefficient (Wildman–Crippen LogP) is 7.26. The van der Waals surface area contributed by atoms with Crippen LogP contribution in [0.1, 0.15) is 89.2 Å². The predicted molar refractivity (Wildman–Crippen MR) is 177 cm³/mol. The summed E-state index contributed by atoms with van der Waals surface area (Å²) in [7, 11) is -3.03. The van der Waals surface area contributed by atoms with E-state index in [0.29, 0.717) is 23.5 Å². The quantitative estimate of drug-likeness (QED) is 0.123. The van der Waals surface area contributed by atoms with Crippen molar-refractivity contribution in [2.24, 2.45) is 11.8 Å². The van der Waals surface area contributed by atoms with E-state index < -0.39 is 54.2 Å². The van der Waals surface area contributed by atoms with E-state index in [4.69, 9.17) is 14.5 Å². The third kappa shape index (κ3) is 9.64. The normalized spacial score (nSPS) is 23.7. The van der Waals surface area contributed by atoms with Crippen LogP contribution in [-0.4, -0.2) is 63.7 Å². The van der Waals surface area contributed by atoms with Gasteiger partial charge in [-0.3, -0.25) is 4.79 Å². The molecule has 2 N–H and O–H groups in total. The van der Waals surface area contributed by atoms with Crippen LogP contribution in [0.25, 0.3) is 11.0 Å². The summed E-state index contributed by atoms with van der Waals surface area (Å²) in [4.78, 5) is 17.9. The van der Waals surface area contributed by atoms with Gasteiger partial charge < -0.3 is 19.4 Å². The molecular weight excluding hydrogens is 653 g/mol. The van der Waals surface area contributed by atoms with Gasteiger partial charge in [-0.2, -0.15) is 0 Å². The van der Waals surface area contributed by atoms with Crippen molar-refractivity contribution < 1.29 is 36.0 Å². The van der Waals surface area contributed by atoms with Crippen molar-refractivity contribution in [1.29, 1.82) is 0 Å². The zero-order valence-corrected chi connectivity index (χ0v) is 30.2. The topological polar surface area (TPSA) is 94.5 Å². The number of carbonyl (C=O) groups excluding carboxylic acids is 1. The summed E-state index contributed by atoms with van der Waals surface area (Å²) in [6.07, 6.45) is -0.482. The largest absolute Gasteiger partial charge is 0.376 e. The molecule has 1 aromatic carbocycles. The summed E-state index contributed by atoms with van der Waals surface area (Å²) < 4.78 is 86.0. The zero-order chi connectivity index (χ0) is 34.4. The molecule has 3 aliphatic rings. The van der Waals surface area contributed by atoms with E-state index in [0.717, 1.165) is 24.4 Å². The first kappa shape index (κ1) is 36.4. The number of hydrogen-bond donors (Lipinski definition) is 2. The molecule has 8 nitrogen and oxygen atoms in total. The first-order valence-electron chi connectivity index (χ1n) is 16.7. The van der Waals surface area contributed by atoms with Crippen molar-refractivity contribution in [2.45, 2.75) is 133 Å². The van der Waals surface area contributed by atoms with E-state index in [1.807, 2.05) is 22.8 Å². The van der Waals surface area contributed by atoms with E-state index in [1.165, 1.54) is 0 Å². The summed E-state index contributed by atoms with van der Waals surface area (Å²) >= 11 is 0. The first-order chi connectivity index (χ1) is 21.8. The summed E-state index contributed by atoms with van der Waals surface area (Å²) in [6.45, 7) is 12.7. The van der Waals surface area contributed by atoms with Gasteiger partial charge in [-0.15, -0.1) is 0 Å². The molecule has 1 saturated heterocycles. The number of benzene rings is 1. The molecule has 2 heterocycles. The van der Waals surface area contributed by atoms with E-state index in [9.17, 15) is 26.6 Å². The maximum atomic E-state index is 14.7. The number of halogens is 4. The number of rotatable bonds is 14. The fourth-order valence-electron chi connectivity index (χ4n) is 6.20. The molecule has 0 radical (unpaired) electrons. The highest BCUT2D eigenvalue weighted by Gasteiger charge is 2.46. The lowest BCUT2D eigenvalue weighted by atomic mass is 9.79. The van der Waals surface area contributed by atoms with E-state index >= 15 is 0 Å². The Bertz CT molecular complexity index is 1450. The van der Waals surface area contributed by atoms with Gasteiger partial charge in [0.25, 0.3) is 5.92 Å². The van der Waals surface area contributed by atoms with Gasteiger partial charge in [-0.25, -0.2) is 31.5 Å². The Morgan fingerprint density at radius 3 is 2.43 bits per heavy atom. The van der Waals surface area contributed by atoms with Crippen LogP contribution in [0, 0.1) is 11.8 Å². The van der Waals surface area contributed by atoms with E-state index in [-0.39, 0.29) is 62.8 Å². The molecule has 47 heavy (non-hydrogen) atoms. The number of ether oxygens (including phenoxy) is 2. The smallest absolute Gasteiger partial charge is 0.252 e. The van der Waals surface area contributed by atoms with Crippen LogP contribution in [0.4, 0.5) is 17.6 Å². The van der Waals surface area contributed by atoms with Crippen molar-refractivity contribution in [3.63, 3.8) is 0 Å². The summed E-state index contributed by atoms with van der Waals surface area (Å²) in [5.74, 6) is -5.55. The van der Waals surface area contributed by atoms with Crippen LogP contribution in [-0.2, 0) is 32.0 Å². The number of amides is 1. The van der Waals surface area contributed by atoms with E-state index in [1.54, 1.807) is 20.8 Å². The third-order valence-corrected chi connectivity index (χ3v) is 12.5. The number of fused-ring (bicyclic) bond motifs is 1. The molecule has 0 spiro atoms. The fraction of sp³-hybridized carbons (Fsp3) is 0.758. The van der Waals surface area contributed by atoms with Gasteiger partial charge in [0, 0.05) is 46.8 Å². The minimum Gasteiger partial charge on any atom is -0.376 e. The molecule has 2 saturated carbocycles. The highest BCUT2D eigenvalue weighted by molar-refractivity contribution is 7.84. The van der Waals surface area contributed by atoms with Crippen molar-refractivity contribution in [3.05, 3.63) is 29.6 Å². The third-order valence-electron chi connectivity index (χ3n) is 9.18. The molecule has 1 aromatic heterocycles. The lowest BCUT2D eigenvalue weighted by Gasteiger charge is -2.35. The highest BCUT2D eigenvalue weighted by Crippen LogP contribution is 2.45.